The zero-order valence-corrected chi connectivity index (χ0v) is 20.7. The van der Waals surface area contributed by atoms with Crippen LogP contribution >= 0.6 is 0 Å². The van der Waals surface area contributed by atoms with E-state index >= 15 is 0 Å². The number of anilines is 2. The van der Waals surface area contributed by atoms with Crippen LogP contribution in [0, 0.1) is 13.8 Å². The summed E-state index contributed by atoms with van der Waals surface area (Å²) in [6.45, 7) is 3.65. The van der Waals surface area contributed by atoms with Gasteiger partial charge in [0.05, 0.1) is 5.69 Å². The maximum atomic E-state index is 11.0. The summed E-state index contributed by atoms with van der Waals surface area (Å²) in [7, 11) is 0. The number of ether oxygens (including phenoxy) is 1. The van der Waals surface area contributed by atoms with E-state index in [0.29, 0.717) is 35.3 Å². The summed E-state index contributed by atoms with van der Waals surface area (Å²) in [5.74, 6) is 1.24. The molecule has 11 heteroatoms. The molecule has 0 fully saturated rings. The van der Waals surface area contributed by atoms with E-state index < -0.39 is 5.97 Å². The van der Waals surface area contributed by atoms with Crippen molar-refractivity contribution in [3.63, 3.8) is 0 Å². The molecule has 0 radical (unpaired) electrons. The molecule has 1 aromatic carbocycles. The van der Waals surface area contributed by atoms with Crippen LogP contribution in [0.4, 0.5) is 11.5 Å². The highest BCUT2D eigenvalue weighted by molar-refractivity contribution is 5.66. The quantitative estimate of drug-likeness (QED) is 0.295. The van der Waals surface area contributed by atoms with E-state index in [1.54, 1.807) is 24.5 Å². The Kier molecular flexibility index (Phi) is 6.98. The third kappa shape index (κ3) is 5.78. The second kappa shape index (κ2) is 10.8. The number of hydrogen-bond donors (Lipinski definition) is 2. The van der Waals surface area contributed by atoms with Crippen molar-refractivity contribution in [2.45, 2.75) is 26.8 Å². The standard InChI is InChI=1S/C27H24N8O3/c1-17-12-23(27(30-18(17)2)22-8-3-4-10-28-22)38-21-9-11-29-24(15-21)31-20-7-5-6-19(13-20)14-25-32-33-34-35(25)16-26(36)37/h3-13,15H,14,16H2,1-2H3,(H,29,31)(H,36,37). The molecule has 0 atom stereocenters. The molecule has 11 nitrogen and oxygen atoms in total. The number of carbonyl (C=O) groups is 1. The first-order valence-corrected chi connectivity index (χ1v) is 11.8. The number of nitrogens with one attached hydrogen (secondary N) is 1. The van der Waals surface area contributed by atoms with Crippen LogP contribution in [0.1, 0.15) is 22.6 Å². The van der Waals surface area contributed by atoms with Gasteiger partial charge in [0.25, 0.3) is 0 Å². The highest BCUT2D eigenvalue weighted by Gasteiger charge is 2.14. The summed E-state index contributed by atoms with van der Waals surface area (Å²) in [5.41, 5.74) is 5.02. The largest absolute Gasteiger partial charge is 0.480 e. The fourth-order valence-corrected chi connectivity index (χ4v) is 3.80. The third-order valence-electron chi connectivity index (χ3n) is 5.75. The zero-order chi connectivity index (χ0) is 26.5. The summed E-state index contributed by atoms with van der Waals surface area (Å²) >= 11 is 0. The van der Waals surface area contributed by atoms with Gasteiger partial charge in [0.1, 0.15) is 23.8 Å². The first-order valence-electron chi connectivity index (χ1n) is 11.8. The van der Waals surface area contributed by atoms with Gasteiger partial charge < -0.3 is 15.2 Å². The van der Waals surface area contributed by atoms with Crippen molar-refractivity contribution in [2.24, 2.45) is 0 Å². The van der Waals surface area contributed by atoms with Crippen LogP contribution in [0.2, 0.25) is 0 Å². The number of rotatable bonds is 9. The Bertz CT molecular complexity index is 1590. The Hall–Kier alpha value is -5.19. The summed E-state index contributed by atoms with van der Waals surface area (Å²) in [4.78, 5) is 24.6. The average molecular weight is 509 g/mol. The molecule has 190 valence electrons. The molecule has 0 unspecified atom stereocenters. The predicted octanol–water partition coefficient (Wildman–Crippen LogP) is 4.35. The van der Waals surface area contributed by atoms with Crippen LogP contribution in [0.25, 0.3) is 11.4 Å². The van der Waals surface area contributed by atoms with Gasteiger partial charge in [-0.25, -0.2) is 14.6 Å². The Morgan fingerprint density at radius 2 is 1.92 bits per heavy atom. The number of carboxylic acids is 1. The van der Waals surface area contributed by atoms with Gasteiger partial charge in [-0.15, -0.1) is 5.10 Å². The zero-order valence-electron chi connectivity index (χ0n) is 20.7. The first kappa shape index (κ1) is 24.5. The Morgan fingerprint density at radius 1 is 1.03 bits per heavy atom. The predicted molar refractivity (Wildman–Crippen MR) is 139 cm³/mol. The molecular formula is C27H24N8O3. The van der Waals surface area contributed by atoms with Crippen molar-refractivity contribution < 1.29 is 14.6 Å². The molecule has 0 amide bonds. The number of hydrogen-bond acceptors (Lipinski definition) is 9. The molecule has 4 heterocycles. The number of benzene rings is 1. The van der Waals surface area contributed by atoms with Gasteiger partial charge in [-0.3, -0.25) is 9.78 Å². The number of carboxylic acid groups (broad SMARTS) is 1. The van der Waals surface area contributed by atoms with Crippen molar-refractivity contribution in [3.8, 4) is 22.9 Å². The molecule has 5 aromatic rings. The number of aliphatic carboxylic acids is 1. The minimum absolute atomic E-state index is 0.297. The molecule has 4 aromatic heterocycles. The Labute approximate surface area is 218 Å². The van der Waals surface area contributed by atoms with Gasteiger partial charge in [-0.05, 0) is 71.8 Å². The molecule has 0 aliphatic heterocycles. The van der Waals surface area contributed by atoms with Crippen LogP contribution in [0.15, 0.2) is 73.1 Å². The van der Waals surface area contributed by atoms with E-state index in [1.165, 1.54) is 4.68 Å². The van der Waals surface area contributed by atoms with Gasteiger partial charge in [-0.2, -0.15) is 0 Å². The average Bonchev–Trinajstić information content (AvgIpc) is 3.32. The minimum Gasteiger partial charge on any atom is -0.480 e. The molecule has 0 aliphatic rings. The molecular weight excluding hydrogens is 484 g/mol. The number of aryl methyl sites for hydroxylation is 2. The summed E-state index contributed by atoms with van der Waals surface area (Å²) in [6, 6.07) is 18.9. The number of tetrazole rings is 1. The lowest BCUT2D eigenvalue weighted by molar-refractivity contribution is -0.138. The van der Waals surface area contributed by atoms with E-state index in [9.17, 15) is 4.79 Å². The number of nitrogens with zero attached hydrogens (tertiary/aromatic N) is 7. The monoisotopic (exact) mass is 508 g/mol. The van der Waals surface area contributed by atoms with Gasteiger partial charge >= 0.3 is 5.97 Å². The normalized spacial score (nSPS) is 10.8. The molecule has 0 aliphatic carbocycles. The second-order valence-corrected chi connectivity index (χ2v) is 8.58. The maximum absolute atomic E-state index is 11.0. The van der Waals surface area contributed by atoms with Crippen LogP contribution in [-0.4, -0.2) is 46.2 Å². The molecule has 38 heavy (non-hydrogen) atoms. The van der Waals surface area contributed by atoms with Crippen molar-refractivity contribution in [1.82, 2.24) is 35.2 Å². The van der Waals surface area contributed by atoms with Crippen LogP contribution in [0.5, 0.6) is 11.5 Å². The third-order valence-corrected chi connectivity index (χ3v) is 5.75. The lowest BCUT2D eigenvalue weighted by Crippen LogP contribution is -2.13. The fraction of sp³-hybridized carbons (Fsp3) is 0.148. The van der Waals surface area contributed by atoms with E-state index in [1.807, 2.05) is 62.4 Å². The fourth-order valence-electron chi connectivity index (χ4n) is 3.80. The van der Waals surface area contributed by atoms with Crippen molar-refractivity contribution in [1.29, 1.82) is 0 Å². The van der Waals surface area contributed by atoms with E-state index in [0.717, 1.165) is 28.2 Å². The van der Waals surface area contributed by atoms with Crippen molar-refractivity contribution in [2.75, 3.05) is 5.32 Å². The van der Waals surface area contributed by atoms with Crippen LogP contribution in [-0.2, 0) is 17.8 Å². The Morgan fingerprint density at radius 3 is 2.74 bits per heavy atom. The summed E-state index contributed by atoms with van der Waals surface area (Å²) in [5, 5.41) is 23.6. The Balaban J connectivity index is 1.35. The van der Waals surface area contributed by atoms with Crippen molar-refractivity contribution >= 4 is 17.5 Å². The first-order chi connectivity index (χ1) is 18.4. The van der Waals surface area contributed by atoms with Crippen molar-refractivity contribution in [3.05, 3.63) is 95.7 Å². The second-order valence-electron chi connectivity index (χ2n) is 8.58. The van der Waals surface area contributed by atoms with Gasteiger partial charge in [0, 0.05) is 36.3 Å². The molecule has 0 saturated carbocycles. The summed E-state index contributed by atoms with van der Waals surface area (Å²) < 4.78 is 7.53. The molecule has 0 bridgehead atoms. The van der Waals surface area contributed by atoms with E-state index in [4.69, 9.17) is 14.8 Å². The number of aromatic nitrogens is 7. The lowest BCUT2D eigenvalue weighted by Gasteiger charge is -2.14. The van der Waals surface area contributed by atoms with Crippen LogP contribution < -0.4 is 10.1 Å². The summed E-state index contributed by atoms with van der Waals surface area (Å²) in [6.07, 6.45) is 3.77. The molecule has 2 N–H and O–H groups in total. The van der Waals surface area contributed by atoms with Gasteiger partial charge in [-0.1, -0.05) is 18.2 Å². The van der Waals surface area contributed by atoms with Crippen LogP contribution in [0.3, 0.4) is 0 Å². The molecule has 0 spiro atoms. The van der Waals surface area contributed by atoms with E-state index in [-0.39, 0.29) is 6.54 Å². The minimum atomic E-state index is -1.01. The number of pyridine rings is 3. The van der Waals surface area contributed by atoms with Gasteiger partial charge in [0.15, 0.2) is 11.6 Å². The highest BCUT2D eigenvalue weighted by Crippen LogP contribution is 2.33. The lowest BCUT2D eigenvalue weighted by atomic mass is 10.1. The van der Waals surface area contributed by atoms with E-state index in [2.05, 4.69) is 30.8 Å². The van der Waals surface area contributed by atoms with Gasteiger partial charge in [0.2, 0.25) is 0 Å². The molecule has 5 rings (SSSR count). The smallest absolute Gasteiger partial charge is 0.325 e. The SMILES string of the molecule is Cc1cc(Oc2ccnc(Nc3cccc(Cc4nnnn4CC(=O)O)c3)c2)c(-c2ccccn2)nc1C. The maximum Gasteiger partial charge on any atom is 0.325 e. The highest BCUT2D eigenvalue weighted by atomic mass is 16.5. The molecule has 0 saturated heterocycles. The topological polar surface area (TPSA) is 141 Å².